The zero-order chi connectivity index (χ0) is 21.8. The lowest BCUT2D eigenvalue weighted by Crippen LogP contribution is -2.58. The summed E-state index contributed by atoms with van der Waals surface area (Å²) in [6.45, 7) is 10.6. The summed E-state index contributed by atoms with van der Waals surface area (Å²) in [5.41, 5.74) is 0.495. The van der Waals surface area contributed by atoms with Gasteiger partial charge in [0.15, 0.2) is 5.79 Å². The van der Waals surface area contributed by atoms with E-state index in [4.69, 9.17) is 9.47 Å². The van der Waals surface area contributed by atoms with Crippen LogP contribution in [0.4, 0.5) is 0 Å². The third-order valence-electron chi connectivity index (χ3n) is 11.9. The second kappa shape index (κ2) is 6.93. The third kappa shape index (κ3) is 2.80. The van der Waals surface area contributed by atoms with Crippen LogP contribution in [-0.2, 0) is 9.47 Å². The van der Waals surface area contributed by atoms with Crippen molar-refractivity contribution < 1.29 is 19.7 Å². The molecular formula is C27H44O4. The Balaban J connectivity index is 1.28. The largest absolute Gasteiger partial charge is 0.393 e. The molecule has 2 aliphatic heterocycles. The van der Waals surface area contributed by atoms with Crippen molar-refractivity contribution in [3.8, 4) is 0 Å². The van der Waals surface area contributed by atoms with E-state index in [9.17, 15) is 10.2 Å². The van der Waals surface area contributed by atoms with Crippen molar-refractivity contribution in [3.63, 3.8) is 0 Å². The van der Waals surface area contributed by atoms with Crippen molar-refractivity contribution in [2.45, 2.75) is 110 Å². The molecule has 2 N–H and O–H groups in total. The van der Waals surface area contributed by atoms with Crippen LogP contribution in [0.5, 0.6) is 0 Å². The molecule has 6 aliphatic rings. The van der Waals surface area contributed by atoms with Crippen molar-refractivity contribution in [2.75, 3.05) is 6.61 Å². The summed E-state index contributed by atoms with van der Waals surface area (Å²) >= 11 is 0. The molecule has 176 valence electrons. The molecule has 4 heteroatoms. The fourth-order valence-corrected chi connectivity index (χ4v) is 10.3. The molecule has 4 aliphatic carbocycles. The molecule has 13 atom stereocenters. The van der Waals surface area contributed by atoms with Gasteiger partial charge >= 0.3 is 0 Å². The highest BCUT2D eigenvalue weighted by atomic mass is 16.7. The van der Waals surface area contributed by atoms with E-state index < -0.39 is 0 Å². The Morgan fingerprint density at radius 1 is 0.806 bits per heavy atom. The molecule has 31 heavy (non-hydrogen) atoms. The SMILES string of the molecule is C[C@H]1CC[C@@]2(OC1)OC1C[C@H]3[C@@H]4C[C@@H](O)[C@H]5C[C@@H](O)CC[C@]5(C)[C@H]4CC[C@]3(C)C1[C@@H]2C. The van der Waals surface area contributed by atoms with E-state index in [-0.39, 0.29) is 29.3 Å². The van der Waals surface area contributed by atoms with Gasteiger partial charge < -0.3 is 19.7 Å². The molecule has 2 unspecified atom stereocenters. The van der Waals surface area contributed by atoms with Crippen molar-refractivity contribution in [2.24, 2.45) is 52.3 Å². The molecule has 4 nitrogen and oxygen atoms in total. The van der Waals surface area contributed by atoms with Crippen LogP contribution in [0.1, 0.15) is 85.5 Å². The highest BCUT2D eigenvalue weighted by molar-refractivity contribution is 5.16. The summed E-state index contributed by atoms with van der Waals surface area (Å²) in [6, 6.07) is 0. The van der Waals surface area contributed by atoms with Crippen molar-refractivity contribution in [1.29, 1.82) is 0 Å². The first kappa shape index (κ1) is 21.4. The zero-order valence-corrected chi connectivity index (χ0v) is 20.1. The van der Waals surface area contributed by atoms with Gasteiger partial charge in [-0.3, -0.25) is 0 Å². The Hall–Kier alpha value is -0.160. The van der Waals surface area contributed by atoms with Crippen LogP contribution in [0.15, 0.2) is 0 Å². The van der Waals surface area contributed by atoms with Gasteiger partial charge in [0.2, 0.25) is 0 Å². The normalized spacial score (nSPS) is 63.3. The van der Waals surface area contributed by atoms with E-state index in [1.807, 2.05) is 0 Å². The van der Waals surface area contributed by atoms with Crippen molar-refractivity contribution in [3.05, 3.63) is 0 Å². The molecule has 4 saturated carbocycles. The van der Waals surface area contributed by atoms with Crippen LogP contribution in [-0.4, -0.2) is 40.9 Å². The second-order valence-electron chi connectivity index (χ2n) is 13.2. The number of rotatable bonds is 0. The van der Waals surface area contributed by atoms with E-state index in [1.54, 1.807) is 0 Å². The van der Waals surface area contributed by atoms with Gasteiger partial charge in [-0.1, -0.05) is 27.7 Å². The van der Waals surface area contributed by atoms with Gasteiger partial charge in [-0.25, -0.2) is 0 Å². The maximum absolute atomic E-state index is 11.2. The quantitative estimate of drug-likeness (QED) is 0.579. The standard InChI is InChI=1S/C27H44O4/c1-15-5-10-27(30-14-15)16(2)24-23(31-27)13-20-18-12-22(29)21-11-17(28)6-8-25(21,3)19(18)7-9-26(20,24)4/h15-24,28-29H,5-14H2,1-4H3/t15-,16-,17-,18+,19-,20-,21+,22+,23?,24?,25+,26-,27+/m0/s1. The van der Waals surface area contributed by atoms with Crippen LogP contribution in [0, 0.1) is 52.3 Å². The summed E-state index contributed by atoms with van der Waals surface area (Å²) in [5.74, 6) is 3.58. The first-order valence-electron chi connectivity index (χ1n) is 13.4. The average molecular weight is 433 g/mol. The van der Waals surface area contributed by atoms with Gasteiger partial charge in [0.05, 0.1) is 24.9 Å². The molecule has 0 radical (unpaired) electrons. The Kier molecular flexibility index (Phi) is 4.78. The van der Waals surface area contributed by atoms with Gasteiger partial charge in [-0.05, 0) is 97.7 Å². The lowest BCUT2D eigenvalue weighted by Gasteiger charge is -2.62. The minimum Gasteiger partial charge on any atom is -0.393 e. The van der Waals surface area contributed by atoms with Gasteiger partial charge in [-0.2, -0.15) is 0 Å². The number of hydrogen-bond acceptors (Lipinski definition) is 4. The van der Waals surface area contributed by atoms with E-state index >= 15 is 0 Å². The molecule has 2 heterocycles. The van der Waals surface area contributed by atoms with Crippen molar-refractivity contribution >= 4 is 0 Å². The van der Waals surface area contributed by atoms with Crippen LogP contribution in [0.3, 0.4) is 0 Å². The highest BCUT2D eigenvalue weighted by Gasteiger charge is 2.69. The summed E-state index contributed by atoms with van der Waals surface area (Å²) in [6.07, 6.45) is 9.58. The predicted octanol–water partition coefficient (Wildman–Crippen LogP) is 4.76. The summed E-state index contributed by atoms with van der Waals surface area (Å²) < 4.78 is 13.3. The first-order valence-corrected chi connectivity index (χ1v) is 13.4. The van der Waals surface area contributed by atoms with Gasteiger partial charge in [-0.15, -0.1) is 0 Å². The first-order chi connectivity index (χ1) is 14.7. The van der Waals surface area contributed by atoms with Gasteiger partial charge in [0.1, 0.15) is 0 Å². The van der Waals surface area contributed by atoms with E-state index in [0.717, 1.165) is 45.1 Å². The van der Waals surface area contributed by atoms with E-state index in [0.29, 0.717) is 47.0 Å². The smallest absolute Gasteiger partial charge is 0.171 e. The summed E-state index contributed by atoms with van der Waals surface area (Å²) in [7, 11) is 0. The van der Waals surface area contributed by atoms with Crippen LogP contribution < -0.4 is 0 Å². The highest BCUT2D eigenvalue weighted by Crippen LogP contribution is 2.71. The molecule has 0 aromatic rings. The fourth-order valence-electron chi connectivity index (χ4n) is 10.3. The molecule has 1 spiro atoms. The Morgan fingerprint density at radius 3 is 2.32 bits per heavy atom. The third-order valence-corrected chi connectivity index (χ3v) is 11.9. The lowest BCUT2D eigenvalue weighted by molar-refractivity contribution is -0.273. The van der Waals surface area contributed by atoms with Crippen molar-refractivity contribution in [1.82, 2.24) is 0 Å². The van der Waals surface area contributed by atoms with Crippen LogP contribution >= 0.6 is 0 Å². The molecule has 0 amide bonds. The number of aliphatic hydroxyl groups is 2. The monoisotopic (exact) mass is 432 g/mol. The molecule has 6 fully saturated rings. The molecule has 0 aromatic heterocycles. The minimum atomic E-state index is -0.338. The maximum Gasteiger partial charge on any atom is 0.171 e. The predicted molar refractivity (Wildman–Crippen MR) is 119 cm³/mol. The Labute approximate surface area is 188 Å². The molecular weight excluding hydrogens is 388 g/mol. The Morgan fingerprint density at radius 2 is 1.58 bits per heavy atom. The average Bonchev–Trinajstić information content (AvgIpc) is 3.17. The topological polar surface area (TPSA) is 58.9 Å². The van der Waals surface area contributed by atoms with Crippen LogP contribution in [0.2, 0.25) is 0 Å². The number of fused-ring (bicyclic) bond motifs is 7. The maximum atomic E-state index is 11.2. The number of hydrogen-bond donors (Lipinski definition) is 2. The van der Waals surface area contributed by atoms with Crippen LogP contribution in [0.25, 0.3) is 0 Å². The Bertz CT molecular complexity index is 716. The van der Waals surface area contributed by atoms with E-state index in [1.165, 1.54) is 19.3 Å². The zero-order valence-electron chi connectivity index (χ0n) is 20.1. The molecule has 0 bridgehead atoms. The van der Waals surface area contributed by atoms with E-state index in [2.05, 4.69) is 27.7 Å². The number of ether oxygens (including phenoxy) is 2. The molecule has 0 aromatic carbocycles. The molecule has 2 saturated heterocycles. The minimum absolute atomic E-state index is 0.191. The number of aliphatic hydroxyl groups excluding tert-OH is 2. The summed E-state index contributed by atoms with van der Waals surface area (Å²) in [4.78, 5) is 0. The lowest BCUT2D eigenvalue weighted by atomic mass is 9.43. The fraction of sp³-hybridized carbons (Fsp3) is 1.00. The molecule has 6 rings (SSSR count). The van der Waals surface area contributed by atoms with Gasteiger partial charge in [0.25, 0.3) is 0 Å². The van der Waals surface area contributed by atoms with Gasteiger partial charge in [0, 0.05) is 12.3 Å². The summed E-state index contributed by atoms with van der Waals surface area (Å²) in [5, 5.41) is 21.5. The second-order valence-corrected chi connectivity index (χ2v) is 13.2.